The van der Waals surface area contributed by atoms with Crippen molar-refractivity contribution in [3.05, 3.63) is 24.3 Å². The fourth-order valence-electron chi connectivity index (χ4n) is 3.06. The lowest BCUT2D eigenvalue weighted by Gasteiger charge is -2.26. The quantitative estimate of drug-likeness (QED) is 0.804. The van der Waals surface area contributed by atoms with Gasteiger partial charge in [-0.15, -0.1) is 0 Å². The van der Waals surface area contributed by atoms with Crippen LogP contribution in [-0.4, -0.2) is 30.7 Å². The van der Waals surface area contributed by atoms with E-state index < -0.39 is 0 Å². The van der Waals surface area contributed by atoms with Crippen LogP contribution in [0.3, 0.4) is 0 Å². The summed E-state index contributed by atoms with van der Waals surface area (Å²) in [6.07, 6.45) is 6.80. The average molecular weight is 235 g/mol. The van der Waals surface area contributed by atoms with Crippen molar-refractivity contribution in [2.24, 2.45) is 5.92 Å². The summed E-state index contributed by atoms with van der Waals surface area (Å²) in [6.45, 7) is 3.13. The Morgan fingerprint density at radius 3 is 3.18 bits per heavy atom. The number of halogens is 1. The third-order valence-corrected chi connectivity index (χ3v) is 3.97. The molecule has 1 aromatic rings. The number of hydrogen-bond acceptors (Lipinski definition) is 3. The maximum absolute atomic E-state index is 13.2. The molecule has 1 N–H and O–H groups in total. The Labute approximate surface area is 101 Å². The first-order valence-corrected chi connectivity index (χ1v) is 6.42. The molecule has 4 heteroatoms. The van der Waals surface area contributed by atoms with E-state index >= 15 is 0 Å². The van der Waals surface area contributed by atoms with Crippen LogP contribution < -0.4 is 10.2 Å². The van der Waals surface area contributed by atoms with E-state index in [1.165, 1.54) is 25.5 Å². The van der Waals surface area contributed by atoms with E-state index in [4.69, 9.17) is 0 Å². The predicted octanol–water partition coefficient (Wildman–Crippen LogP) is 1.80. The van der Waals surface area contributed by atoms with Crippen molar-refractivity contribution < 1.29 is 4.39 Å². The zero-order valence-electron chi connectivity index (χ0n) is 9.90. The summed E-state index contributed by atoms with van der Waals surface area (Å²) in [5.74, 6) is 0.559. The van der Waals surface area contributed by atoms with Gasteiger partial charge in [0.05, 0.1) is 18.1 Å². The van der Waals surface area contributed by atoms with Crippen molar-refractivity contribution in [3.8, 4) is 0 Å². The molecule has 0 aromatic carbocycles. The molecule has 1 aromatic heterocycles. The molecule has 17 heavy (non-hydrogen) atoms. The van der Waals surface area contributed by atoms with E-state index in [1.807, 2.05) is 0 Å². The Bertz CT molecular complexity index is 396. The molecule has 3 rings (SSSR count). The van der Waals surface area contributed by atoms with E-state index in [9.17, 15) is 4.39 Å². The molecular formula is C13H18FN3. The van der Waals surface area contributed by atoms with E-state index in [-0.39, 0.29) is 5.82 Å². The summed E-state index contributed by atoms with van der Waals surface area (Å²) in [5, 5.41) is 3.56. The Morgan fingerprint density at radius 2 is 2.29 bits per heavy atom. The molecule has 2 saturated heterocycles. The Kier molecular flexibility index (Phi) is 2.97. The summed E-state index contributed by atoms with van der Waals surface area (Å²) < 4.78 is 13.2. The Hall–Kier alpha value is -1.16. The SMILES string of the molecule is Fc1cncc(N2CCC[C@@H]3CCN[C@@H]3C2)c1. The van der Waals surface area contributed by atoms with Crippen molar-refractivity contribution in [3.63, 3.8) is 0 Å². The summed E-state index contributed by atoms with van der Waals surface area (Å²) in [5.41, 5.74) is 0.916. The van der Waals surface area contributed by atoms with Crippen LogP contribution in [-0.2, 0) is 0 Å². The normalized spacial score (nSPS) is 28.9. The lowest BCUT2D eigenvalue weighted by molar-refractivity contribution is 0.445. The maximum Gasteiger partial charge on any atom is 0.143 e. The number of hydrogen-bond donors (Lipinski definition) is 1. The summed E-state index contributed by atoms with van der Waals surface area (Å²) in [7, 11) is 0. The molecule has 2 aliphatic rings. The first-order chi connectivity index (χ1) is 8.33. The number of pyridine rings is 1. The highest BCUT2D eigenvalue weighted by molar-refractivity contribution is 5.44. The molecule has 2 aliphatic heterocycles. The van der Waals surface area contributed by atoms with Crippen LogP contribution in [0.2, 0.25) is 0 Å². The van der Waals surface area contributed by atoms with Gasteiger partial charge in [0, 0.05) is 25.2 Å². The number of nitrogens with zero attached hydrogens (tertiary/aromatic N) is 2. The first kappa shape index (κ1) is 11.0. The van der Waals surface area contributed by atoms with Gasteiger partial charge in [-0.05, 0) is 31.7 Å². The van der Waals surface area contributed by atoms with Gasteiger partial charge >= 0.3 is 0 Å². The lowest BCUT2D eigenvalue weighted by Crippen LogP contribution is -2.38. The van der Waals surface area contributed by atoms with Crippen LogP contribution in [0, 0.1) is 11.7 Å². The molecule has 0 saturated carbocycles. The zero-order chi connectivity index (χ0) is 11.7. The second kappa shape index (κ2) is 4.61. The minimum atomic E-state index is -0.248. The molecular weight excluding hydrogens is 217 g/mol. The van der Waals surface area contributed by atoms with Crippen LogP contribution in [0.25, 0.3) is 0 Å². The van der Waals surface area contributed by atoms with Crippen molar-refractivity contribution in [1.82, 2.24) is 10.3 Å². The lowest BCUT2D eigenvalue weighted by atomic mass is 9.97. The second-order valence-corrected chi connectivity index (χ2v) is 5.06. The topological polar surface area (TPSA) is 28.2 Å². The third-order valence-electron chi connectivity index (χ3n) is 3.97. The maximum atomic E-state index is 13.2. The molecule has 0 spiro atoms. The average Bonchev–Trinajstić information content (AvgIpc) is 2.66. The van der Waals surface area contributed by atoms with Crippen LogP contribution in [0.4, 0.5) is 10.1 Å². The van der Waals surface area contributed by atoms with Crippen molar-refractivity contribution >= 4 is 5.69 Å². The molecule has 0 radical (unpaired) electrons. The van der Waals surface area contributed by atoms with Gasteiger partial charge in [-0.3, -0.25) is 4.98 Å². The molecule has 0 aliphatic carbocycles. The third kappa shape index (κ3) is 2.27. The van der Waals surface area contributed by atoms with Crippen molar-refractivity contribution in [1.29, 1.82) is 0 Å². The van der Waals surface area contributed by atoms with Crippen LogP contribution >= 0.6 is 0 Å². The summed E-state index contributed by atoms with van der Waals surface area (Å²) in [6, 6.07) is 2.16. The Morgan fingerprint density at radius 1 is 1.35 bits per heavy atom. The highest BCUT2D eigenvalue weighted by atomic mass is 19.1. The highest BCUT2D eigenvalue weighted by Gasteiger charge is 2.30. The van der Waals surface area contributed by atoms with Gasteiger partial charge in [0.1, 0.15) is 5.82 Å². The number of anilines is 1. The van der Waals surface area contributed by atoms with Gasteiger partial charge in [0.15, 0.2) is 0 Å². The van der Waals surface area contributed by atoms with E-state index in [0.717, 1.165) is 31.2 Å². The van der Waals surface area contributed by atoms with E-state index in [0.29, 0.717) is 6.04 Å². The monoisotopic (exact) mass is 235 g/mol. The fraction of sp³-hybridized carbons (Fsp3) is 0.615. The predicted molar refractivity (Wildman–Crippen MR) is 65.5 cm³/mol. The second-order valence-electron chi connectivity index (χ2n) is 5.06. The summed E-state index contributed by atoms with van der Waals surface area (Å²) in [4.78, 5) is 6.20. The molecule has 2 atom stereocenters. The standard InChI is InChI=1S/C13H18FN3/c14-11-6-12(8-15-7-11)17-5-1-2-10-3-4-16-13(10)9-17/h6-8,10,13,16H,1-5,9H2/t10-,13-/m1/s1. The molecule has 0 bridgehead atoms. The van der Waals surface area contributed by atoms with Crippen molar-refractivity contribution in [2.75, 3.05) is 24.5 Å². The number of fused-ring (bicyclic) bond motifs is 1. The molecule has 0 amide bonds. The molecule has 0 unspecified atom stereocenters. The van der Waals surface area contributed by atoms with Crippen molar-refractivity contribution in [2.45, 2.75) is 25.3 Å². The van der Waals surface area contributed by atoms with Crippen LogP contribution in [0.15, 0.2) is 18.5 Å². The van der Waals surface area contributed by atoms with E-state index in [1.54, 1.807) is 12.3 Å². The summed E-state index contributed by atoms with van der Waals surface area (Å²) >= 11 is 0. The fourth-order valence-corrected chi connectivity index (χ4v) is 3.06. The minimum absolute atomic E-state index is 0.248. The number of rotatable bonds is 1. The van der Waals surface area contributed by atoms with Gasteiger partial charge in [-0.2, -0.15) is 0 Å². The minimum Gasteiger partial charge on any atom is -0.369 e. The first-order valence-electron chi connectivity index (χ1n) is 6.42. The Balaban J connectivity index is 1.78. The van der Waals surface area contributed by atoms with Crippen LogP contribution in [0.5, 0.6) is 0 Å². The van der Waals surface area contributed by atoms with E-state index in [2.05, 4.69) is 15.2 Å². The van der Waals surface area contributed by atoms with Gasteiger partial charge in [0.2, 0.25) is 0 Å². The van der Waals surface area contributed by atoms with Gasteiger partial charge in [0.25, 0.3) is 0 Å². The zero-order valence-corrected chi connectivity index (χ0v) is 9.90. The molecule has 3 nitrogen and oxygen atoms in total. The molecule has 92 valence electrons. The number of nitrogens with one attached hydrogen (secondary N) is 1. The molecule has 2 fully saturated rings. The van der Waals surface area contributed by atoms with Gasteiger partial charge in [-0.25, -0.2) is 4.39 Å². The van der Waals surface area contributed by atoms with Gasteiger partial charge < -0.3 is 10.2 Å². The smallest absolute Gasteiger partial charge is 0.143 e. The highest BCUT2D eigenvalue weighted by Crippen LogP contribution is 2.27. The molecule has 3 heterocycles. The van der Waals surface area contributed by atoms with Crippen LogP contribution in [0.1, 0.15) is 19.3 Å². The largest absolute Gasteiger partial charge is 0.369 e. The number of aromatic nitrogens is 1. The van der Waals surface area contributed by atoms with Gasteiger partial charge in [-0.1, -0.05) is 0 Å².